The fourth-order valence-corrected chi connectivity index (χ4v) is 5.16. The molecule has 4 aromatic rings. The van der Waals surface area contributed by atoms with Gasteiger partial charge >= 0.3 is 0 Å². The van der Waals surface area contributed by atoms with E-state index in [1.807, 2.05) is 66.9 Å². The van der Waals surface area contributed by atoms with Crippen LogP contribution in [0, 0.1) is 0 Å². The predicted molar refractivity (Wildman–Crippen MR) is 141 cm³/mol. The number of nitrogens with one attached hydrogen (secondary N) is 1. The molecule has 1 saturated heterocycles. The van der Waals surface area contributed by atoms with Crippen molar-refractivity contribution in [3.63, 3.8) is 0 Å². The third-order valence-corrected chi connectivity index (χ3v) is 7.12. The van der Waals surface area contributed by atoms with E-state index < -0.39 is 5.91 Å². The van der Waals surface area contributed by atoms with Crippen molar-refractivity contribution in [1.82, 2.24) is 15.0 Å². The number of carbonyl (C=O) groups is 2. The average molecular weight is 504 g/mol. The van der Waals surface area contributed by atoms with Crippen molar-refractivity contribution in [3.05, 3.63) is 112 Å². The minimum Gasteiger partial charge on any atom is -0.342 e. The SMILES string of the molecule is O=C(NN1C(=O)/C(=C/c2cn(Cc3ccccc3Cl)c3ccccc23)SC1=S)c1ccccc1. The van der Waals surface area contributed by atoms with Crippen molar-refractivity contribution in [3.8, 4) is 0 Å². The second-order valence-electron chi connectivity index (χ2n) is 7.64. The lowest BCUT2D eigenvalue weighted by molar-refractivity contribution is -0.123. The second-order valence-corrected chi connectivity index (χ2v) is 9.73. The van der Waals surface area contributed by atoms with Crippen LogP contribution in [0.5, 0.6) is 0 Å². The van der Waals surface area contributed by atoms with Crippen LogP contribution in [0.3, 0.4) is 0 Å². The number of thioether (sulfide) groups is 1. The van der Waals surface area contributed by atoms with Crippen LogP contribution in [0.25, 0.3) is 17.0 Å². The molecule has 2 amide bonds. The number of halogens is 1. The predicted octanol–water partition coefficient (Wildman–Crippen LogP) is 5.89. The van der Waals surface area contributed by atoms with Crippen molar-refractivity contribution < 1.29 is 9.59 Å². The van der Waals surface area contributed by atoms with Gasteiger partial charge in [0.1, 0.15) is 0 Å². The highest BCUT2D eigenvalue weighted by atomic mass is 35.5. The van der Waals surface area contributed by atoms with E-state index in [9.17, 15) is 9.59 Å². The lowest BCUT2D eigenvalue weighted by atomic mass is 10.1. The molecule has 1 aliphatic heterocycles. The van der Waals surface area contributed by atoms with Crippen LogP contribution in [0.1, 0.15) is 21.5 Å². The molecule has 0 saturated carbocycles. The van der Waals surface area contributed by atoms with Gasteiger partial charge in [0.25, 0.3) is 11.8 Å². The summed E-state index contributed by atoms with van der Waals surface area (Å²) in [6, 6.07) is 24.4. The first-order valence-corrected chi connectivity index (χ1v) is 12.1. The van der Waals surface area contributed by atoms with Gasteiger partial charge in [-0.2, -0.15) is 5.01 Å². The molecule has 2 heterocycles. The van der Waals surface area contributed by atoms with E-state index in [1.165, 1.54) is 0 Å². The molecule has 1 aromatic heterocycles. The number of amides is 2. The highest BCUT2D eigenvalue weighted by Gasteiger charge is 2.34. The molecule has 8 heteroatoms. The van der Waals surface area contributed by atoms with E-state index in [2.05, 4.69) is 9.99 Å². The summed E-state index contributed by atoms with van der Waals surface area (Å²) in [5.41, 5.74) is 5.98. The first-order chi connectivity index (χ1) is 16.5. The highest BCUT2D eigenvalue weighted by Crippen LogP contribution is 2.34. The number of para-hydroxylation sites is 1. The van der Waals surface area contributed by atoms with Gasteiger partial charge in [0.05, 0.1) is 4.91 Å². The molecule has 0 spiro atoms. The lowest BCUT2D eigenvalue weighted by Crippen LogP contribution is -2.44. The minimum atomic E-state index is -0.394. The highest BCUT2D eigenvalue weighted by molar-refractivity contribution is 8.26. The van der Waals surface area contributed by atoms with Crippen molar-refractivity contribution in [1.29, 1.82) is 0 Å². The van der Waals surface area contributed by atoms with Crippen molar-refractivity contribution in [2.24, 2.45) is 0 Å². The zero-order valence-corrected chi connectivity index (χ0v) is 20.2. The fraction of sp³-hybridized carbons (Fsp3) is 0.0385. The quantitative estimate of drug-likeness (QED) is 0.272. The van der Waals surface area contributed by atoms with Crippen LogP contribution in [-0.2, 0) is 11.3 Å². The van der Waals surface area contributed by atoms with Gasteiger partial charge in [0, 0.05) is 39.8 Å². The molecule has 168 valence electrons. The van der Waals surface area contributed by atoms with Gasteiger partial charge in [0.2, 0.25) is 0 Å². The largest absolute Gasteiger partial charge is 0.342 e. The monoisotopic (exact) mass is 503 g/mol. The maximum Gasteiger partial charge on any atom is 0.285 e. The molecule has 0 unspecified atom stereocenters. The summed E-state index contributed by atoms with van der Waals surface area (Å²) in [5, 5.41) is 2.84. The molecule has 1 fully saturated rings. The molecular weight excluding hydrogens is 486 g/mol. The maximum atomic E-state index is 13.1. The normalized spacial score (nSPS) is 14.9. The fourth-order valence-electron chi connectivity index (χ4n) is 3.79. The van der Waals surface area contributed by atoms with E-state index in [4.69, 9.17) is 23.8 Å². The van der Waals surface area contributed by atoms with Gasteiger partial charge in [-0.05, 0) is 48.1 Å². The summed E-state index contributed by atoms with van der Waals surface area (Å²) in [4.78, 5) is 26.0. The third kappa shape index (κ3) is 4.37. The van der Waals surface area contributed by atoms with Gasteiger partial charge in [-0.1, -0.05) is 78.0 Å². The maximum absolute atomic E-state index is 13.1. The van der Waals surface area contributed by atoms with Gasteiger partial charge in [-0.25, -0.2) is 0 Å². The van der Waals surface area contributed by atoms with Crippen molar-refractivity contribution in [2.45, 2.75) is 6.54 Å². The molecule has 1 aliphatic rings. The van der Waals surface area contributed by atoms with Gasteiger partial charge in [-0.15, -0.1) is 0 Å². The van der Waals surface area contributed by atoms with Crippen LogP contribution in [0.15, 0.2) is 90.0 Å². The molecule has 0 bridgehead atoms. The summed E-state index contributed by atoms with van der Waals surface area (Å²) in [6.07, 6.45) is 3.82. The Morgan fingerprint density at radius 2 is 1.71 bits per heavy atom. The minimum absolute atomic E-state index is 0.278. The first kappa shape index (κ1) is 22.4. The van der Waals surface area contributed by atoms with Crippen LogP contribution >= 0.6 is 35.6 Å². The van der Waals surface area contributed by atoms with Gasteiger partial charge in [-0.3, -0.25) is 15.0 Å². The molecule has 1 N–H and O–H groups in total. The zero-order valence-electron chi connectivity index (χ0n) is 17.8. The number of benzene rings is 3. The van der Waals surface area contributed by atoms with Gasteiger partial charge < -0.3 is 4.57 Å². The molecule has 0 aliphatic carbocycles. The van der Waals surface area contributed by atoms with E-state index in [0.717, 1.165) is 38.8 Å². The number of carbonyl (C=O) groups excluding carboxylic acids is 2. The van der Waals surface area contributed by atoms with E-state index in [1.54, 1.807) is 24.3 Å². The van der Waals surface area contributed by atoms with Crippen molar-refractivity contribution in [2.75, 3.05) is 0 Å². The lowest BCUT2D eigenvalue weighted by Gasteiger charge is -2.15. The smallest absolute Gasteiger partial charge is 0.285 e. The summed E-state index contributed by atoms with van der Waals surface area (Å²) >= 11 is 12.9. The zero-order chi connectivity index (χ0) is 23.7. The Labute approximate surface area is 211 Å². The Balaban J connectivity index is 1.44. The summed E-state index contributed by atoms with van der Waals surface area (Å²) in [7, 11) is 0. The van der Waals surface area contributed by atoms with E-state index in [0.29, 0.717) is 22.0 Å². The van der Waals surface area contributed by atoms with E-state index >= 15 is 0 Å². The Bertz CT molecular complexity index is 1460. The average Bonchev–Trinajstić information content (AvgIpc) is 3.33. The number of aromatic nitrogens is 1. The third-order valence-electron chi connectivity index (χ3n) is 5.45. The summed E-state index contributed by atoms with van der Waals surface area (Å²) in [5.74, 6) is -0.753. The first-order valence-electron chi connectivity index (χ1n) is 10.5. The molecule has 0 radical (unpaired) electrons. The van der Waals surface area contributed by atoms with Crippen LogP contribution in [0.4, 0.5) is 0 Å². The number of fused-ring (bicyclic) bond motifs is 1. The number of hydrazine groups is 1. The van der Waals surface area contributed by atoms with Crippen LogP contribution in [-0.4, -0.2) is 25.7 Å². The number of rotatable bonds is 5. The Morgan fingerprint density at radius 1 is 1.00 bits per heavy atom. The number of hydrogen-bond acceptors (Lipinski definition) is 4. The Hall–Kier alpha value is -3.39. The van der Waals surface area contributed by atoms with Crippen LogP contribution in [0.2, 0.25) is 5.02 Å². The Kier molecular flexibility index (Phi) is 6.24. The van der Waals surface area contributed by atoms with Gasteiger partial charge in [0.15, 0.2) is 4.32 Å². The Morgan fingerprint density at radius 3 is 2.50 bits per heavy atom. The number of thiocarbonyl (C=S) groups is 1. The molecule has 5 rings (SSSR count). The van der Waals surface area contributed by atoms with Crippen LogP contribution < -0.4 is 5.43 Å². The molecule has 34 heavy (non-hydrogen) atoms. The molecular formula is C26H18ClN3O2S2. The topological polar surface area (TPSA) is 54.3 Å². The van der Waals surface area contributed by atoms with E-state index in [-0.39, 0.29) is 10.2 Å². The number of nitrogens with zero attached hydrogens (tertiary/aromatic N) is 2. The molecule has 5 nitrogen and oxygen atoms in total. The van der Waals surface area contributed by atoms with Crippen molar-refractivity contribution >= 4 is 68.7 Å². The standard InChI is InChI=1S/C26H18ClN3O2S2/c27-21-12-6-4-10-18(21)15-29-16-19(20-11-5-7-13-22(20)29)14-23-25(32)30(26(33)34-23)28-24(31)17-8-2-1-3-9-17/h1-14,16H,15H2,(H,28,31)/b23-14-. The summed E-state index contributed by atoms with van der Waals surface area (Å²) < 4.78 is 2.39. The molecule has 3 aromatic carbocycles. The summed E-state index contributed by atoms with van der Waals surface area (Å²) in [6.45, 7) is 0.599. The second kappa shape index (κ2) is 9.46. The molecule has 0 atom stereocenters. The number of hydrogen-bond donors (Lipinski definition) is 1.